The number of nitrogens with two attached hydrogens (primary N) is 1. The topological polar surface area (TPSA) is 45.4 Å². The SMILES string of the molecule is Cl.Nc1cc(N2CCN(c3ccccc3Cl)CC2)cc(-c2ccc3ccccc3c2)n1. The van der Waals surface area contributed by atoms with Gasteiger partial charge in [0.15, 0.2) is 0 Å². The Bertz CT molecular complexity index is 1200. The lowest BCUT2D eigenvalue weighted by Gasteiger charge is -2.37. The Morgan fingerprint density at radius 2 is 1.42 bits per heavy atom. The fourth-order valence-corrected chi connectivity index (χ4v) is 4.38. The summed E-state index contributed by atoms with van der Waals surface area (Å²) in [5, 5.41) is 3.23. The molecule has 0 radical (unpaired) electrons. The molecule has 158 valence electrons. The average Bonchev–Trinajstić information content (AvgIpc) is 2.79. The molecule has 1 aliphatic heterocycles. The van der Waals surface area contributed by atoms with Crippen LogP contribution in [-0.2, 0) is 0 Å². The number of nitrogen functional groups attached to an aromatic ring is 1. The van der Waals surface area contributed by atoms with Gasteiger partial charge in [-0.25, -0.2) is 4.98 Å². The first-order valence-corrected chi connectivity index (χ1v) is 10.6. The van der Waals surface area contributed by atoms with E-state index in [0.717, 1.165) is 53.8 Å². The zero-order valence-corrected chi connectivity index (χ0v) is 18.6. The molecule has 0 atom stereocenters. The number of benzene rings is 3. The van der Waals surface area contributed by atoms with Crippen molar-refractivity contribution in [3.05, 3.63) is 83.9 Å². The van der Waals surface area contributed by atoms with Gasteiger partial charge >= 0.3 is 0 Å². The highest BCUT2D eigenvalue weighted by molar-refractivity contribution is 6.33. The Hall–Kier alpha value is -2.95. The smallest absolute Gasteiger partial charge is 0.126 e. The van der Waals surface area contributed by atoms with E-state index >= 15 is 0 Å². The van der Waals surface area contributed by atoms with Crippen LogP contribution in [0.4, 0.5) is 17.2 Å². The fourth-order valence-electron chi connectivity index (χ4n) is 4.13. The Balaban J connectivity index is 0.00000231. The minimum Gasteiger partial charge on any atom is -0.384 e. The predicted molar refractivity (Wildman–Crippen MR) is 135 cm³/mol. The van der Waals surface area contributed by atoms with Gasteiger partial charge in [-0.3, -0.25) is 0 Å². The highest BCUT2D eigenvalue weighted by Crippen LogP contribution is 2.30. The second-order valence-corrected chi connectivity index (χ2v) is 8.03. The monoisotopic (exact) mass is 450 g/mol. The van der Waals surface area contributed by atoms with Crippen LogP contribution in [0.2, 0.25) is 5.02 Å². The third-order valence-electron chi connectivity index (χ3n) is 5.71. The van der Waals surface area contributed by atoms with Gasteiger partial charge in [0.25, 0.3) is 0 Å². The summed E-state index contributed by atoms with van der Waals surface area (Å²) >= 11 is 6.38. The Kier molecular flexibility index (Phi) is 6.21. The van der Waals surface area contributed by atoms with Gasteiger partial charge in [-0.1, -0.05) is 60.1 Å². The van der Waals surface area contributed by atoms with Crippen LogP contribution >= 0.6 is 24.0 Å². The molecule has 0 saturated carbocycles. The van der Waals surface area contributed by atoms with E-state index in [1.54, 1.807) is 0 Å². The second-order valence-electron chi connectivity index (χ2n) is 7.62. The van der Waals surface area contributed by atoms with Crippen molar-refractivity contribution in [1.82, 2.24) is 4.98 Å². The summed E-state index contributed by atoms with van der Waals surface area (Å²) < 4.78 is 0. The Labute approximate surface area is 193 Å². The minimum absolute atomic E-state index is 0. The molecule has 6 heteroatoms. The summed E-state index contributed by atoms with van der Waals surface area (Å²) in [6.07, 6.45) is 0. The van der Waals surface area contributed by atoms with Crippen molar-refractivity contribution in [2.75, 3.05) is 41.7 Å². The van der Waals surface area contributed by atoms with Gasteiger partial charge in [-0.05, 0) is 35.0 Å². The number of rotatable bonds is 3. The molecule has 1 fully saturated rings. The summed E-state index contributed by atoms with van der Waals surface area (Å²) in [6.45, 7) is 3.65. The molecular weight excluding hydrogens is 427 g/mol. The molecule has 1 aromatic heterocycles. The van der Waals surface area contributed by atoms with Crippen LogP contribution in [0.1, 0.15) is 0 Å². The van der Waals surface area contributed by atoms with Crippen molar-refractivity contribution < 1.29 is 0 Å². The third-order valence-corrected chi connectivity index (χ3v) is 6.03. The van der Waals surface area contributed by atoms with E-state index in [-0.39, 0.29) is 12.4 Å². The summed E-state index contributed by atoms with van der Waals surface area (Å²) in [5.41, 5.74) is 10.4. The lowest BCUT2D eigenvalue weighted by molar-refractivity contribution is 0.653. The van der Waals surface area contributed by atoms with E-state index in [1.807, 2.05) is 24.3 Å². The second kappa shape index (κ2) is 9.04. The number of halogens is 2. The van der Waals surface area contributed by atoms with E-state index in [4.69, 9.17) is 17.3 Å². The van der Waals surface area contributed by atoms with Crippen molar-refractivity contribution in [1.29, 1.82) is 0 Å². The molecule has 2 N–H and O–H groups in total. The quantitative estimate of drug-likeness (QED) is 0.422. The van der Waals surface area contributed by atoms with Gasteiger partial charge in [0.05, 0.1) is 16.4 Å². The standard InChI is InChI=1S/C25H23ClN4.ClH/c26-22-7-3-4-8-24(22)30-13-11-29(12-14-30)21-16-23(28-25(27)17-21)20-10-9-18-5-1-2-6-19(18)15-20;/h1-10,15-17H,11-14H2,(H2,27,28);1H. The van der Waals surface area contributed by atoms with E-state index in [2.05, 4.69) is 69.4 Å². The molecular formula is C25H24Cl2N4. The zero-order valence-electron chi connectivity index (χ0n) is 17.0. The molecule has 1 aliphatic rings. The molecule has 3 aromatic carbocycles. The number of piperazine rings is 1. The molecule has 0 bridgehead atoms. The van der Waals surface area contributed by atoms with E-state index < -0.39 is 0 Å². The zero-order chi connectivity index (χ0) is 20.5. The predicted octanol–water partition coefficient (Wildman–Crippen LogP) is 5.89. The van der Waals surface area contributed by atoms with Crippen LogP contribution in [0.3, 0.4) is 0 Å². The van der Waals surface area contributed by atoms with Crippen LogP contribution in [0, 0.1) is 0 Å². The molecule has 0 amide bonds. The average molecular weight is 451 g/mol. The molecule has 0 unspecified atom stereocenters. The number of nitrogens with zero attached hydrogens (tertiary/aromatic N) is 3. The van der Waals surface area contributed by atoms with Crippen molar-refractivity contribution in [3.8, 4) is 11.3 Å². The summed E-state index contributed by atoms with van der Waals surface area (Å²) in [4.78, 5) is 9.31. The summed E-state index contributed by atoms with van der Waals surface area (Å²) in [6, 6.07) is 26.9. The number of aromatic nitrogens is 1. The van der Waals surface area contributed by atoms with Crippen LogP contribution in [0.25, 0.3) is 22.0 Å². The Morgan fingerprint density at radius 1 is 0.742 bits per heavy atom. The maximum atomic E-state index is 6.38. The van der Waals surface area contributed by atoms with E-state index in [1.165, 1.54) is 10.8 Å². The minimum atomic E-state index is 0. The third kappa shape index (κ3) is 4.41. The molecule has 4 nitrogen and oxygen atoms in total. The van der Waals surface area contributed by atoms with Crippen LogP contribution in [0.5, 0.6) is 0 Å². The molecule has 0 aliphatic carbocycles. The normalized spacial score (nSPS) is 13.8. The van der Waals surface area contributed by atoms with Gasteiger partial charge in [0.2, 0.25) is 0 Å². The van der Waals surface area contributed by atoms with Gasteiger partial charge < -0.3 is 15.5 Å². The summed E-state index contributed by atoms with van der Waals surface area (Å²) in [5.74, 6) is 0.546. The van der Waals surface area contributed by atoms with Gasteiger partial charge in [0, 0.05) is 43.5 Å². The van der Waals surface area contributed by atoms with Crippen LogP contribution in [-0.4, -0.2) is 31.2 Å². The van der Waals surface area contributed by atoms with E-state index in [0.29, 0.717) is 5.82 Å². The first-order chi connectivity index (χ1) is 14.7. The molecule has 0 spiro atoms. The first-order valence-electron chi connectivity index (χ1n) is 10.2. The van der Waals surface area contributed by atoms with Crippen molar-refractivity contribution in [3.63, 3.8) is 0 Å². The lowest BCUT2D eigenvalue weighted by Crippen LogP contribution is -2.46. The molecule has 5 rings (SSSR count). The van der Waals surface area contributed by atoms with Gasteiger partial charge in [-0.15, -0.1) is 12.4 Å². The highest BCUT2D eigenvalue weighted by atomic mass is 35.5. The van der Waals surface area contributed by atoms with E-state index in [9.17, 15) is 0 Å². The van der Waals surface area contributed by atoms with Crippen molar-refractivity contribution in [2.24, 2.45) is 0 Å². The van der Waals surface area contributed by atoms with Crippen molar-refractivity contribution >= 4 is 52.0 Å². The summed E-state index contributed by atoms with van der Waals surface area (Å²) in [7, 11) is 0. The molecule has 4 aromatic rings. The van der Waals surface area contributed by atoms with Crippen molar-refractivity contribution in [2.45, 2.75) is 0 Å². The molecule has 2 heterocycles. The molecule has 1 saturated heterocycles. The number of anilines is 3. The maximum Gasteiger partial charge on any atom is 0.126 e. The molecule has 31 heavy (non-hydrogen) atoms. The Morgan fingerprint density at radius 3 is 2.19 bits per heavy atom. The number of fused-ring (bicyclic) bond motifs is 1. The van der Waals surface area contributed by atoms with Crippen LogP contribution < -0.4 is 15.5 Å². The largest absolute Gasteiger partial charge is 0.384 e. The number of pyridine rings is 1. The van der Waals surface area contributed by atoms with Gasteiger partial charge in [-0.2, -0.15) is 0 Å². The van der Waals surface area contributed by atoms with Gasteiger partial charge in [0.1, 0.15) is 5.82 Å². The number of hydrogen-bond acceptors (Lipinski definition) is 4. The number of hydrogen-bond donors (Lipinski definition) is 1. The van der Waals surface area contributed by atoms with Crippen LogP contribution in [0.15, 0.2) is 78.9 Å². The highest BCUT2D eigenvalue weighted by Gasteiger charge is 2.20. The number of para-hydroxylation sites is 1. The maximum absolute atomic E-state index is 6.38. The first kappa shape index (κ1) is 21.3. The fraction of sp³-hybridized carbons (Fsp3) is 0.160. The lowest BCUT2D eigenvalue weighted by atomic mass is 10.0.